The molecule has 0 spiro atoms. The molecule has 0 unspecified atom stereocenters. The summed E-state index contributed by atoms with van der Waals surface area (Å²) < 4.78 is 1.32. The number of hydrogen-bond donors (Lipinski definition) is 1. The third kappa shape index (κ3) is 2.76. The largest absolute Gasteiger partial charge is 0.389 e. The summed E-state index contributed by atoms with van der Waals surface area (Å²) in [6, 6.07) is 11.1. The van der Waals surface area contributed by atoms with Gasteiger partial charge in [0.2, 0.25) is 0 Å². The smallest absolute Gasteiger partial charge is 0.274 e. The van der Waals surface area contributed by atoms with Crippen molar-refractivity contribution in [2.75, 3.05) is 0 Å². The molecule has 0 saturated carbocycles. The molecule has 0 radical (unpaired) electrons. The van der Waals surface area contributed by atoms with E-state index in [1.54, 1.807) is 32.3 Å². The highest BCUT2D eigenvalue weighted by Gasteiger charge is 2.18. The summed E-state index contributed by atoms with van der Waals surface area (Å²) in [7, 11) is 0. The van der Waals surface area contributed by atoms with Crippen molar-refractivity contribution in [3.05, 3.63) is 59.1 Å². The first-order valence-corrected chi connectivity index (χ1v) is 7.08. The molecule has 22 heavy (non-hydrogen) atoms. The van der Waals surface area contributed by atoms with Crippen LogP contribution in [0.3, 0.4) is 0 Å². The number of hydrogen-bond acceptors (Lipinski definition) is 4. The molecule has 0 fully saturated rings. The van der Waals surface area contributed by atoms with Gasteiger partial charge in [-0.1, -0.05) is 18.2 Å². The normalized spacial score (nSPS) is 11.8. The van der Waals surface area contributed by atoms with Crippen LogP contribution in [0, 0.1) is 0 Å². The Hall–Kier alpha value is -2.53. The zero-order valence-electron chi connectivity index (χ0n) is 12.5. The van der Waals surface area contributed by atoms with Crippen molar-refractivity contribution < 1.29 is 5.11 Å². The third-order valence-electron chi connectivity index (χ3n) is 3.34. The molecule has 5 heteroatoms. The third-order valence-corrected chi connectivity index (χ3v) is 3.34. The topological polar surface area (TPSA) is 68.0 Å². The lowest BCUT2D eigenvalue weighted by Crippen LogP contribution is -2.34. The summed E-state index contributed by atoms with van der Waals surface area (Å²) in [6.07, 6.45) is 3.41. The molecule has 1 N–H and O–H groups in total. The minimum absolute atomic E-state index is 0.129. The van der Waals surface area contributed by atoms with E-state index >= 15 is 0 Å². The number of aromatic nitrogens is 3. The molecule has 0 aliphatic rings. The van der Waals surface area contributed by atoms with E-state index in [-0.39, 0.29) is 12.1 Å². The Labute approximate surface area is 127 Å². The highest BCUT2D eigenvalue weighted by atomic mass is 16.3. The molecule has 112 valence electrons. The number of rotatable bonds is 3. The Bertz CT molecular complexity index is 864. The minimum Gasteiger partial charge on any atom is -0.389 e. The average molecular weight is 295 g/mol. The maximum Gasteiger partial charge on any atom is 0.274 e. The van der Waals surface area contributed by atoms with Gasteiger partial charge in [-0.2, -0.15) is 5.10 Å². The molecule has 2 heterocycles. The lowest BCUT2D eigenvalue weighted by atomic mass is 10.1. The van der Waals surface area contributed by atoms with Crippen LogP contribution in [0.2, 0.25) is 0 Å². The second-order valence-corrected chi connectivity index (χ2v) is 5.91. The highest BCUT2D eigenvalue weighted by molar-refractivity contribution is 5.93. The van der Waals surface area contributed by atoms with Gasteiger partial charge < -0.3 is 5.11 Å². The molecule has 0 aliphatic heterocycles. The number of pyridine rings is 1. The fourth-order valence-electron chi connectivity index (χ4n) is 2.42. The van der Waals surface area contributed by atoms with Crippen molar-refractivity contribution in [3.63, 3.8) is 0 Å². The van der Waals surface area contributed by atoms with Gasteiger partial charge in [0.05, 0.1) is 17.5 Å². The molecule has 0 atom stereocenters. The van der Waals surface area contributed by atoms with Crippen LogP contribution in [0.25, 0.3) is 22.0 Å². The Balaban J connectivity index is 2.31. The van der Waals surface area contributed by atoms with Crippen LogP contribution in [0.4, 0.5) is 0 Å². The van der Waals surface area contributed by atoms with Gasteiger partial charge >= 0.3 is 0 Å². The van der Waals surface area contributed by atoms with Gasteiger partial charge in [-0.3, -0.25) is 9.78 Å². The second-order valence-electron chi connectivity index (χ2n) is 5.91. The van der Waals surface area contributed by atoms with Crippen molar-refractivity contribution >= 4 is 10.8 Å². The van der Waals surface area contributed by atoms with Gasteiger partial charge in [-0.05, 0) is 32.0 Å². The van der Waals surface area contributed by atoms with Crippen LogP contribution in [0.5, 0.6) is 0 Å². The molecule has 0 bridgehead atoms. The molecule has 1 aromatic carbocycles. The summed E-state index contributed by atoms with van der Waals surface area (Å²) in [5.74, 6) is 0. The predicted octanol–water partition coefficient (Wildman–Crippen LogP) is 2.23. The first kappa shape index (κ1) is 14.4. The maximum atomic E-state index is 12.6. The molecule has 3 aromatic rings. The van der Waals surface area contributed by atoms with Crippen LogP contribution in [0.1, 0.15) is 13.8 Å². The van der Waals surface area contributed by atoms with Gasteiger partial charge in [-0.25, -0.2) is 4.68 Å². The van der Waals surface area contributed by atoms with Gasteiger partial charge in [0.1, 0.15) is 5.69 Å². The lowest BCUT2D eigenvalue weighted by molar-refractivity contribution is 0.0564. The van der Waals surface area contributed by atoms with Crippen molar-refractivity contribution in [2.24, 2.45) is 0 Å². The van der Waals surface area contributed by atoms with Crippen LogP contribution in [-0.4, -0.2) is 25.5 Å². The number of aliphatic hydroxyl groups is 1. The molecular formula is C17H17N3O2. The quantitative estimate of drug-likeness (QED) is 0.804. The van der Waals surface area contributed by atoms with E-state index in [1.165, 1.54) is 4.68 Å². The molecule has 5 nitrogen and oxygen atoms in total. The Morgan fingerprint density at radius 2 is 1.86 bits per heavy atom. The van der Waals surface area contributed by atoms with E-state index in [2.05, 4.69) is 10.1 Å². The Morgan fingerprint density at radius 3 is 2.50 bits per heavy atom. The monoisotopic (exact) mass is 295 g/mol. The average Bonchev–Trinajstić information content (AvgIpc) is 2.50. The van der Waals surface area contributed by atoms with Gasteiger partial charge in [0, 0.05) is 23.3 Å². The van der Waals surface area contributed by atoms with Crippen LogP contribution in [-0.2, 0) is 6.54 Å². The van der Waals surface area contributed by atoms with Gasteiger partial charge in [-0.15, -0.1) is 0 Å². The number of benzene rings is 1. The number of fused-ring (bicyclic) bond motifs is 1. The second kappa shape index (κ2) is 5.35. The van der Waals surface area contributed by atoms with Crippen molar-refractivity contribution in [2.45, 2.75) is 26.0 Å². The van der Waals surface area contributed by atoms with E-state index in [4.69, 9.17) is 0 Å². The van der Waals surface area contributed by atoms with Crippen LogP contribution < -0.4 is 5.56 Å². The summed E-state index contributed by atoms with van der Waals surface area (Å²) in [6.45, 7) is 3.43. The maximum absolute atomic E-state index is 12.6. The van der Waals surface area contributed by atoms with E-state index in [9.17, 15) is 9.90 Å². The predicted molar refractivity (Wildman–Crippen MR) is 85.5 cm³/mol. The van der Waals surface area contributed by atoms with E-state index in [0.717, 1.165) is 10.9 Å². The SMILES string of the molecule is CC(C)(O)Cn1nc(-c2cccnc2)c2ccccc2c1=O. The summed E-state index contributed by atoms with van der Waals surface area (Å²) >= 11 is 0. The fourth-order valence-corrected chi connectivity index (χ4v) is 2.42. The van der Waals surface area contributed by atoms with E-state index in [0.29, 0.717) is 11.1 Å². The molecule has 2 aromatic heterocycles. The van der Waals surface area contributed by atoms with Crippen molar-refractivity contribution in [3.8, 4) is 11.3 Å². The summed E-state index contributed by atoms with van der Waals surface area (Å²) in [5, 5.41) is 15.8. The molecule has 3 rings (SSSR count). The van der Waals surface area contributed by atoms with Crippen molar-refractivity contribution in [1.82, 2.24) is 14.8 Å². The molecule has 0 aliphatic carbocycles. The fraction of sp³-hybridized carbons (Fsp3) is 0.235. The molecule has 0 saturated heterocycles. The zero-order valence-corrected chi connectivity index (χ0v) is 12.5. The Morgan fingerprint density at radius 1 is 1.14 bits per heavy atom. The Kier molecular flexibility index (Phi) is 3.50. The van der Waals surface area contributed by atoms with Crippen LogP contribution >= 0.6 is 0 Å². The lowest BCUT2D eigenvalue weighted by Gasteiger charge is -2.19. The first-order chi connectivity index (χ1) is 10.5. The number of nitrogens with zero attached hydrogens (tertiary/aromatic N) is 3. The highest BCUT2D eigenvalue weighted by Crippen LogP contribution is 2.23. The van der Waals surface area contributed by atoms with Gasteiger partial charge in [0.15, 0.2) is 0 Å². The standard InChI is InChI=1S/C17H17N3O2/c1-17(2,22)11-20-16(21)14-8-4-3-7-13(14)15(19-20)12-6-5-9-18-10-12/h3-10,22H,11H2,1-2H3. The van der Waals surface area contributed by atoms with E-state index < -0.39 is 5.60 Å². The zero-order chi connectivity index (χ0) is 15.7. The summed E-state index contributed by atoms with van der Waals surface area (Å²) in [5.41, 5.74) is 0.298. The first-order valence-electron chi connectivity index (χ1n) is 7.08. The molecular weight excluding hydrogens is 278 g/mol. The van der Waals surface area contributed by atoms with Crippen molar-refractivity contribution in [1.29, 1.82) is 0 Å². The summed E-state index contributed by atoms with van der Waals surface area (Å²) in [4.78, 5) is 16.7. The molecule has 0 amide bonds. The van der Waals surface area contributed by atoms with Gasteiger partial charge in [0.25, 0.3) is 5.56 Å². The van der Waals surface area contributed by atoms with E-state index in [1.807, 2.05) is 30.3 Å². The van der Waals surface area contributed by atoms with Crippen LogP contribution in [0.15, 0.2) is 53.6 Å². The minimum atomic E-state index is -1.02.